The first-order valence-corrected chi connectivity index (χ1v) is 12.0. The van der Waals surface area contributed by atoms with Gasteiger partial charge in [0.1, 0.15) is 0 Å². The van der Waals surface area contributed by atoms with Gasteiger partial charge < -0.3 is 15.4 Å². The third-order valence-electron chi connectivity index (χ3n) is 6.65. The molecule has 2 aliphatic heterocycles. The molecule has 2 fully saturated rings. The summed E-state index contributed by atoms with van der Waals surface area (Å²) in [6, 6.07) is 15.4. The predicted octanol–water partition coefficient (Wildman–Crippen LogP) is 4.31. The van der Waals surface area contributed by atoms with Gasteiger partial charge >= 0.3 is 0 Å². The van der Waals surface area contributed by atoms with E-state index in [4.69, 9.17) is 4.74 Å². The number of piperidine rings is 1. The Balaban J connectivity index is 0.00000306. The van der Waals surface area contributed by atoms with Crippen LogP contribution in [-0.2, 0) is 11.3 Å². The van der Waals surface area contributed by atoms with Crippen LogP contribution in [-0.4, -0.2) is 55.2 Å². The largest absolute Gasteiger partial charge is 0.373 e. The Morgan fingerprint density at radius 1 is 1.12 bits per heavy atom. The normalized spacial score (nSPS) is 22.4. The molecule has 180 valence electrons. The van der Waals surface area contributed by atoms with Crippen molar-refractivity contribution in [3.63, 3.8) is 0 Å². The number of nitrogens with one attached hydrogen (secondary N) is 2. The van der Waals surface area contributed by atoms with E-state index >= 15 is 0 Å². The maximum atomic E-state index is 6.18. The van der Waals surface area contributed by atoms with E-state index in [0.29, 0.717) is 12.0 Å². The van der Waals surface area contributed by atoms with Crippen molar-refractivity contribution in [2.75, 3.05) is 33.3 Å². The number of guanidine groups is 1. The van der Waals surface area contributed by atoms with E-state index in [-0.39, 0.29) is 30.1 Å². The van der Waals surface area contributed by atoms with E-state index in [2.05, 4.69) is 68.8 Å². The monoisotopic (exact) mass is 563 g/mol. The van der Waals surface area contributed by atoms with Crippen LogP contribution in [0.1, 0.15) is 48.6 Å². The second kappa shape index (κ2) is 13.2. The van der Waals surface area contributed by atoms with Crippen LogP contribution in [0, 0.1) is 12.8 Å². The number of aromatic nitrogens is 1. The third kappa shape index (κ3) is 7.65. The number of rotatable bonds is 6. The molecule has 2 atom stereocenters. The van der Waals surface area contributed by atoms with Crippen LogP contribution in [0.4, 0.5) is 0 Å². The second-order valence-electron chi connectivity index (χ2n) is 9.07. The summed E-state index contributed by atoms with van der Waals surface area (Å²) in [6.45, 7) is 6.94. The Morgan fingerprint density at radius 2 is 1.91 bits per heavy atom. The van der Waals surface area contributed by atoms with Gasteiger partial charge in [-0.1, -0.05) is 35.9 Å². The first-order chi connectivity index (χ1) is 15.7. The van der Waals surface area contributed by atoms with Gasteiger partial charge in [0.05, 0.1) is 11.8 Å². The van der Waals surface area contributed by atoms with Gasteiger partial charge in [0.25, 0.3) is 0 Å². The van der Waals surface area contributed by atoms with E-state index in [1.54, 1.807) is 0 Å². The lowest BCUT2D eigenvalue weighted by Gasteiger charge is -2.34. The van der Waals surface area contributed by atoms with Crippen molar-refractivity contribution < 1.29 is 4.74 Å². The minimum absolute atomic E-state index is 0. The molecule has 1 aromatic carbocycles. The Hall–Kier alpha value is -1.71. The van der Waals surface area contributed by atoms with Crippen LogP contribution in [0.15, 0.2) is 53.7 Å². The van der Waals surface area contributed by atoms with Gasteiger partial charge in [-0.15, -0.1) is 24.0 Å². The Morgan fingerprint density at radius 3 is 2.61 bits per heavy atom. The standard InChI is InChI=1S/C26H37N5O.HI/c1-20-8-10-21(11-9-20)25-22(6-5-17-32-25)18-29-26(27-2)30-23-12-15-31(16-13-23)19-24-7-3-4-14-28-24;/h3-4,7-11,14,22-23,25H,5-6,12-13,15-19H2,1-2H3,(H2,27,29,30);1H. The zero-order valence-electron chi connectivity index (χ0n) is 19.9. The molecule has 2 saturated heterocycles. The highest BCUT2D eigenvalue weighted by atomic mass is 127. The molecule has 2 aromatic rings. The van der Waals surface area contributed by atoms with E-state index in [1.807, 2.05) is 19.3 Å². The number of benzene rings is 1. The van der Waals surface area contributed by atoms with Crippen molar-refractivity contribution in [2.24, 2.45) is 10.9 Å². The molecular formula is C26H38IN5O. The molecule has 0 amide bonds. The molecule has 0 saturated carbocycles. The van der Waals surface area contributed by atoms with Gasteiger partial charge in [-0.2, -0.15) is 0 Å². The van der Waals surface area contributed by atoms with Crippen molar-refractivity contribution in [3.8, 4) is 0 Å². The minimum atomic E-state index is 0. The highest BCUT2D eigenvalue weighted by Gasteiger charge is 2.28. The highest BCUT2D eigenvalue weighted by Crippen LogP contribution is 2.33. The molecular weight excluding hydrogens is 525 g/mol. The lowest BCUT2D eigenvalue weighted by atomic mass is 9.89. The second-order valence-corrected chi connectivity index (χ2v) is 9.07. The molecule has 0 bridgehead atoms. The summed E-state index contributed by atoms with van der Waals surface area (Å²) < 4.78 is 6.18. The number of pyridine rings is 1. The maximum Gasteiger partial charge on any atom is 0.191 e. The zero-order valence-corrected chi connectivity index (χ0v) is 22.2. The maximum absolute atomic E-state index is 6.18. The lowest BCUT2D eigenvalue weighted by molar-refractivity contribution is -0.0265. The van der Waals surface area contributed by atoms with Crippen LogP contribution >= 0.6 is 24.0 Å². The molecule has 0 aliphatic carbocycles. The topological polar surface area (TPSA) is 61.8 Å². The van der Waals surface area contributed by atoms with E-state index < -0.39 is 0 Å². The summed E-state index contributed by atoms with van der Waals surface area (Å²) in [5, 5.41) is 7.23. The number of hydrogen-bond acceptors (Lipinski definition) is 4. The number of hydrogen-bond donors (Lipinski definition) is 2. The van der Waals surface area contributed by atoms with Gasteiger partial charge in [-0.05, 0) is 50.3 Å². The summed E-state index contributed by atoms with van der Waals surface area (Å²) in [7, 11) is 1.86. The summed E-state index contributed by atoms with van der Waals surface area (Å²) in [5.74, 6) is 1.35. The van der Waals surface area contributed by atoms with Crippen LogP contribution in [0.25, 0.3) is 0 Å². The van der Waals surface area contributed by atoms with Gasteiger partial charge in [0.2, 0.25) is 0 Å². The summed E-state index contributed by atoms with van der Waals surface area (Å²) in [4.78, 5) is 11.4. The van der Waals surface area contributed by atoms with Crippen LogP contribution in [0.5, 0.6) is 0 Å². The van der Waals surface area contributed by atoms with Crippen LogP contribution < -0.4 is 10.6 Å². The average Bonchev–Trinajstić information content (AvgIpc) is 2.84. The van der Waals surface area contributed by atoms with Crippen molar-refractivity contribution >= 4 is 29.9 Å². The van der Waals surface area contributed by atoms with Gasteiger partial charge in [0, 0.05) is 58.0 Å². The predicted molar refractivity (Wildman–Crippen MR) is 145 cm³/mol. The number of nitrogens with zero attached hydrogens (tertiary/aromatic N) is 3. The number of ether oxygens (including phenoxy) is 1. The van der Waals surface area contributed by atoms with Gasteiger partial charge in [-0.3, -0.25) is 14.9 Å². The zero-order chi connectivity index (χ0) is 22.2. The molecule has 0 radical (unpaired) electrons. The van der Waals surface area contributed by atoms with Gasteiger partial charge in [-0.25, -0.2) is 0 Å². The fourth-order valence-electron chi connectivity index (χ4n) is 4.75. The minimum Gasteiger partial charge on any atom is -0.373 e. The average molecular weight is 564 g/mol. The van der Waals surface area contributed by atoms with Crippen LogP contribution in [0.3, 0.4) is 0 Å². The molecule has 4 rings (SSSR count). The van der Waals surface area contributed by atoms with Crippen molar-refractivity contribution in [1.29, 1.82) is 0 Å². The lowest BCUT2D eigenvalue weighted by Crippen LogP contribution is -2.49. The van der Waals surface area contributed by atoms with E-state index in [1.165, 1.54) is 17.5 Å². The molecule has 0 spiro atoms. The molecule has 3 heterocycles. The Labute approximate surface area is 215 Å². The number of halogens is 1. The molecule has 2 unspecified atom stereocenters. The molecule has 2 N–H and O–H groups in total. The van der Waals surface area contributed by atoms with Crippen molar-refractivity contribution in [3.05, 3.63) is 65.5 Å². The number of aliphatic imine (C=N–C) groups is 1. The first kappa shape index (κ1) is 25.9. The Kier molecular flexibility index (Phi) is 10.4. The van der Waals surface area contributed by atoms with Crippen molar-refractivity contribution in [1.82, 2.24) is 20.5 Å². The van der Waals surface area contributed by atoms with E-state index in [0.717, 1.165) is 63.7 Å². The number of likely N-dealkylation sites (tertiary alicyclic amines) is 1. The quantitative estimate of drug-likeness (QED) is 0.312. The summed E-state index contributed by atoms with van der Waals surface area (Å²) >= 11 is 0. The SMILES string of the molecule is CN=C(NCC1CCCOC1c1ccc(C)cc1)NC1CCN(Cc2ccccn2)CC1.I. The van der Waals surface area contributed by atoms with E-state index in [9.17, 15) is 0 Å². The first-order valence-electron chi connectivity index (χ1n) is 12.0. The van der Waals surface area contributed by atoms with Crippen molar-refractivity contribution in [2.45, 2.75) is 51.3 Å². The fraction of sp³-hybridized carbons (Fsp3) is 0.538. The number of aryl methyl sites for hydroxylation is 1. The molecule has 7 heteroatoms. The molecule has 6 nitrogen and oxygen atoms in total. The fourth-order valence-corrected chi connectivity index (χ4v) is 4.75. The highest BCUT2D eigenvalue weighted by molar-refractivity contribution is 14.0. The summed E-state index contributed by atoms with van der Waals surface area (Å²) in [5.41, 5.74) is 3.72. The summed E-state index contributed by atoms with van der Waals surface area (Å²) in [6.07, 6.45) is 6.56. The van der Waals surface area contributed by atoms with Crippen LogP contribution in [0.2, 0.25) is 0 Å². The van der Waals surface area contributed by atoms with Gasteiger partial charge in [0.15, 0.2) is 5.96 Å². The molecule has 33 heavy (non-hydrogen) atoms. The molecule has 2 aliphatic rings. The third-order valence-corrected chi connectivity index (χ3v) is 6.65. The molecule has 1 aromatic heterocycles. The smallest absolute Gasteiger partial charge is 0.191 e. The Bertz CT molecular complexity index is 853.